The lowest BCUT2D eigenvalue weighted by molar-refractivity contribution is -0.159. The molecular weight excluding hydrogens is 342 g/mol. The monoisotopic (exact) mass is 367 g/mol. The van der Waals surface area contributed by atoms with Gasteiger partial charge in [0.1, 0.15) is 5.69 Å². The predicted octanol–water partition coefficient (Wildman–Crippen LogP) is 3.71. The Morgan fingerprint density at radius 1 is 1.22 bits per heavy atom. The van der Waals surface area contributed by atoms with Crippen LogP contribution in [0.3, 0.4) is 0 Å². The second-order valence-corrected chi connectivity index (χ2v) is 7.14. The smallest absolute Gasteiger partial charge is 0.172 e. The number of aromatic amines is 1. The number of nitrogen functional groups attached to an aromatic ring is 1. The van der Waals surface area contributed by atoms with Gasteiger partial charge < -0.3 is 20.2 Å². The van der Waals surface area contributed by atoms with Crippen molar-refractivity contribution in [2.45, 2.75) is 32.0 Å². The molecule has 0 saturated carbocycles. The third-order valence-corrected chi connectivity index (χ3v) is 5.24. The van der Waals surface area contributed by atoms with Gasteiger partial charge in [0, 0.05) is 15.7 Å². The van der Waals surface area contributed by atoms with Gasteiger partial charge in [0.05, 0.1) is 36.1 Å². The minimum absolute atomic E-state index is 0. The molecule has 142 valence electrons. The normalized spacial score (nSPS) is 18.9. The van der Waals surface area contributed by atoms with Crippen LogP contribution in [0.4, 0.5) is 5.82 Å². The lowest BCUT2D eigenvalue weighted by Gasteiger charge is -2.30. The summed E-state index contributed by atoms with van der Waals surface area (Å²) in [6.45, 7) is 3.38. The molecule has 0 unspecified atom stereocenters. The Morgan fingerprint density at radius 3 is 2.85 bits per heavy atom. The van der Waals surface area contributed by atoms with Gasteiger partial charge in [0.15, 0.2) is 17.4 Å². The number of rotatable bonds is 2. The highest BCUT2D eigenvalue weighted by atomic mass is 16.7. The lowest BCUT2D eigenvalue weighted by Crippen LogP contribution is -2.31. The Kier molecular flexibility index (Phi) is 3.73. The van der Waals surface area contributed by atoms with E-state index in [1.54, 1.807) is 6.20 Å². The van der Waals surface area contributed by atoms with Crippen LogP contribution in [0.1, 0.15) is 33.4 Å². The highest BCUT2D eigenvalue weighted by Crippen LogP contribution is 2.38. The first-order chi connectivity index (χ1) is 13.1. The van der Waals surface area contributed by atoms with Crippen molar-refractivity contribution in [3.8, 4) is 11.5 Å². The summed E-state index contributed by atoms with van der Waals surface area (Å²) in [5.74, 6) is 0.562. The molecular formula is C20H25N5O2. The summed E-state index contributed by atoms with van der Waals surface area (Å²) in [5.41, 5.74) is 11.7. The number of nitrogens with two attached hydrogens (primary N) is 1. The van der Waals surface area contributed by atoms with Crippen molar-refractivity contribution in [3.05, 3.63) is 41.7 Å². The summed E-state index contributed by atoms with van der Waals surface area (Å²) in [6, 6.07) is 6.08. The third kappa shape index (κ3) is 2.89. The number of aryl methyl sites for hydroxylation is 1. The maximum atomic E-state index is 6.10. The van der Waals surface area contributed by atoms with Crippen molar-refractivity contribution in [1.29, 1.82) is 0 Å². The average Bonchev–Trinajstić information content (AvgIpc) is 3.30. The van der Waals surface area contributed by atoms with Crippen LogP contribution in [-0.2, 0) is 9.47 Å². The standard InChI is InChI=1S/C20H21N5O2.2H2/c1-12-2-3-14-15(10-12)25-19(24-14)17-18(21)22-11-16(23-17)13-4-6-20(7-5-13)26-8-9-27-20;;/h2-4,10-11H,5-9H2,1H3,(H2,21,22)(H,24,25);2*1H. The molecule has 1 aromatic carbocycles. The number of imidazole rings is 1. The number of hydrogen-bond acceptors (Lipinski definition) is 6. The number of anilines is 1. The molecule has 27 heavy (non-hydrogen) atoms. The zero-order valence-corrected chi connectivity index (χ0v) is 15.2. The van der Waals surface area contributed by atoms with Gasteiger partial charge in [-0.15, -0.1) is 0 Å². The summed E-state index contributed by atoms with van der Waals surface area (Å²) in [5, 5.41) is 0. The van der Waals surface area contributed by atoms with Gasteiger partial charge in [-0.2, -0.15) is 0 Å². The van der Waals surface area contributed by atoms with Crippen molar-refractivity contribution in [1.82, 2.24) is 19.9 Å². The molecule has 0 atom stereocenters. The number of nitrogens with zero attached hydrogens (tertiary/aromatic N) is 3. The maximum absolute atomic E-state index is 6.10. The molecule has 0 amide bonds. The van der Waals surface area contributed by atoms with Gasteiger partial charge in [0.25, 0.3) is 0 Å². The maximum Gasteiger partial charge on any atom is 0.172 e. The third-order valence-electron chi connectivity index (χ3n) is 5.24. The Labute approximate surface area is 159 Å². The number of nitrogens with one attached hydrogen (secondary N) is 1. The van der Waals surface area contributed by atoms with E-state index in [2.05, 4.69) is 34.0 Å². The molecule has 7 nitrogen and oxygen atoms in total. The van der Waals surface area contributed by atoms with Crippen LogP contribution in [0, 0.1) is 6.92 Å². The molecule has 2 aliphatic rings. The summed E-state index contributed by atoms with van der Waals surface area (Å²) in [7, 11) is 0. The van der Waals surface area contributed by atoms with Gasteiger partial charge in [0.2, 0.25) is 0 Å². The zero-order chi connectivity index (χ0) is 18.4. The van der Waals surface area contributed by atoms with Crippen LogP contribution in [0.15, 0.2) is 30.5 Å². The number of fused-ring (bicyclic) bond motifs is 1. The molecule has 1 aliphatic heterocycles. The van der Waals surface area contributed by atoms with Crippen molar-refractivity contribution < 1.29 is 12.3 Å². The van der Waals surface area contributed by atoms with Gasteiger partial charge in [-0.05, 0) is 36.6 Å². The molecule has 3 aromatic rings. The van der Waals surface area contributed by atoms with Crippen LogP contribution in [0.25, 0.3) is 28.1 Å². The Balaban J connectivity index is 0.00000120. The van der Waals surface area contributed by atoms with E-state index in [9.17, 15) is 0 Å². The van der Waals surface area contributed by atoms with Gasteiger partial charge in [-0.3, -0.25) is 0 Å². The fourth-order valence-electron chi connectivity index (χ4n) is 3.76. The first-order valence-corrected chi connectivity index (χ1v) is 9.18. The first kappa shape index (κ1) is 16.4. The number of aromatic nitrogens is 4. The molecule has 3 heterocycles. The van der Waals surface area contributed by atoms with Crippen LogP contribution in [0.2, 0.25) is 0 Å². The molecule has 5 rings (SSSR count). The first-order valence-electron chi connectivity index (χ1n) is 9.18. The average molecular weight is 367 g/mol. The minimum atomic E-state index is -0.440. The summed E-state index contributed by atoms with van der Waals surface area (Å²) in [4.78, 5) is 17.1. The SMILES string of the molecule is Cc1ccc2nc(-c3nc(C4=CCC5(CC4)OCCO5)cnc3N)[nH]c2c1.[HH].[HH]. The van der Waals surface area contributed by atoms with Crippen LogP contribution < -0.4 is 5.73 Å². The van der Waals surface area contributed by atoms with Crippen LogP contribution in [-0.4, -0.2) is 38.9 Å². The number of allylic oxidation sites excluding steroid dienone is 1. The molecule has 1 fully saturated rings. The van der Waals surface area contributed by atoms with Gasteiger partial charge >= 0.3 is 0 Å². The van der Waals surface area contributed by atoms with E-state index in [-0.39, 0.29) is 2.85 Å². The molecule has 0 bridgehead atoms. The van der Waals surface area contributed by atoms with E-state index in [0.717, 1.165) is 41.6 Å². The van der Waals surface area contributed by atoms with E-state index in [4.69, 9.17) is 20.2 Å². The number of hydrogen-bond donors (Lipinski definition) is 2. The largest absolute Gasteiger partial charge is 0.382 e. The Bertz CT molecular complexity index is 1060. The Morgan fingerprint density at radius 2 is 2.07 bits per heavy atom. The van der Waals surface area contributed by atoms with Crippen molar-refractivity contribution in [2.24, 2.45) is 0 Å². The topological polar surface area (TPSA) is 98.9 Å². The van der Waals surface area contributed by atoms with E-state index >= 15 is 0 Å². The van der Waals surface area contributed by atoms with Crippen molar-refractivity contribution in [3.63, 3.8) is 0 Å². The van der Waals surface area contributed by atoms with Crippen LogP contribution in [0.5, 0.6) is 0 Å². The number of ether oxygens (including phenoxy) is 2. The molecule has 3 N–H and O–H groups in total. The summed E-state index contributed by atoms with van der Waals surface area (Å²) < 4.78 is 11.6. The van der Waals surface area contributed by atoms with Gasteiger partial charge in [-0.25, -0.2) is 15.0 Å². The van der Waals surface area contributed by atoms with E-state index in [1.807, 2.05) is 12.1 Å². The van der Waals surface area contributed by atoms with E-state index in [1.165, 1.54) is 5.56 Å². The molecule has 2 aromatic heterocycles. The van der Waals surface area contributed by atoms with E-state index < -0.39 is 5.79 Å². The fourth-order valence-corrected chi connectivity index (χ4v) is 3.76. The lowest BCUT2D eigenvalue weighted by atomic mass is 9.92. The summed E-state index contributed by atoms with van der Waals surface area (Å²) in [6.07, 6.45) is 6.25. The summed E-state index contributed by atoms with van der Waals surface area (Å²) >= 11 is 0. The van der Waals surface area contributed by atoms with Crippen molar-refractivity contribution in [2.75, 3.05) is 18.9 Å². The molecule has 1 saturated heterocycles. The molecule has 0 radical (unpaired) electrons. The number of H-pyrrole nitrogens is 1. The number of benzene rings is 1. The highest BCUT2D eigenvalue weighted by molar-refractivity contribution is 5.81. The quantitative estimate of drug-likeness (QED) is 0.716. The molecule has 1 spiro atoms. The van der Waals surface area contributed by atoms with E-state index in [0.29, 0.717) is 30.5 Å². The second-order valence-electron chi connectivity index (χ2n) is 7.14. The second kappa shape index (κ2) is 6.14. The predicted molar refractivity (Wildman–Crippen MR) is 107 cm³/mol. The van der Waals surface area contributed by atoms with Crippen molar-refractivity contribution >= 4 is 22.4 Å². The van der Waals surface area contributed by atoms with Crippen LogP contribution >= 0.6 is 0 Å². The molecule has 7 heteroatoms. The Hall–Kier alpha value is -2.77. The van der Waals surface area contributed by atoms with Gasteiger partial charge in [-0.1, -0.05) is 12.1 Å². The highest BCUT2D eigenvalue weighted by Gasteiger charge is 2.38. The molecule has 1 aliphatic carbocycles. The minimum Gasteiger partial charge on any atom is -0.382 e. The zero-order valence-electron chi connectivity index (χ0n) is 15.2. The fraction of sp³-hybridized carbons (Fsp3) is 0.350.